The zero-order valence-corrected chi connectivity index (χ0v) is 19.8. The number of likely N-dealkylation sites (tertiary alicyclic amines) is 1. The number of aryl methyl sites for hydroxylation is 1. The molecule has 1 saturated heterocycles. The van der Waals surface area contributed by atoms with Crippen LogP contribution < -0.4 is 5.32 Å². The van der Waals surface area contributed by atoms with Gasteiger partial charge in [0.1, 0.15) is 11.4 Å². The molecule has 1 amide bonds. The van der Waals surface area contributed by atoms with Crippen molar-refractivity contribution in [3.05, 3.63) is 39.6 Å². The van der Waals surface area contributed by atoms with E-state index in [2.05, 4.69) is 35.1 Å². The molecule has 2 aliphatic heterocycles. The SMILES string of the molecule is CCN1CCC2(CC1)OCCc1cc(C(=O)NCc3nccn3CC)sc12.O=CO.O=CO. The minimum atomic E-state index is -0.250. The van der Waals surface area contributed by atoms with Gasteiger partial charge >= 0.3 is 0 Å². The van der Waals surface area contributed by atoms with Gasteiger partial charge in [0.2, 0.25) is 0 Å². The van der Waals surface area contributed by atoms with Crippen molar-refractivity contribution >= 4 is 30.2 Å². The molecule has 0 bridgehead atoms. The molecule has 182 valence electrons. The van der Waals surface area contributed by atoms with Crippen LogP contribution in [0, 0.1) is 0 Å². The summed E-state index contributed by atoms with van der Waals surface area (Å²) in [6, 6.07) is 2.08. The van der Waals surface area contributed by atoms with Gasteiger partial charge in [-0.3, -0.25) is 14.4 Å². The minimum Gasteiger partial charge on any atom is -0.483 e. The minimum absolute atomic E-state index is 0.0128. The van der Waals surface area contributed by atoms with Gasteiger partial charge in [0, 0.05) is 36.9 Å². The Kier molecular flexibility index (Phi) is 10.5. The molecule has 4 rings (SSSR count). The quantitative estimate of drug-likeness (QED) is 0.555. The lowest BCUT2D eigenvalue weighted by Gasteiger charge is -2.43. The van der Waals surface area contributed by atoms with E-state index in [0.717, 1.165) is 62.7 Å². The summed E-state index contributed by atoms with van der Waals surface area (Å²) in [5, 5.41) is 16.8. The molecule has 11 heteroatoms. The molecule has 1 spiro atoms. The monoisotopic (exact) mass is 480 g/mol. The van der Waals surface area contributed by atoms with Gasteiger partial charge in [-0.05, 0) is 44.4 Å². The third kappa shape index (κ3) is 6.62. The highest BCUT2D eigenvalue weighted by Crippen LogP contribution is 2.45. The second-order valence-corrected chi connectivity index (χ2v) is 8.57. The van der Waals surface area contributed by atoms with Gasteiger partial charge in [-0.2, -0.15) is 0 Å². The molecule has 2 aromatic heterocycles. The molecule has 4 heterocycles. The van der Waals surface area contributed by atoms with Gasteiger partial charge < -0.3 is 29.7 Å². The largest absolute Gasteiger partial charge is 0.483 e. The number of thiophene rings is 1. The summed E-state index contributed by atoms with van der Waals surface area (Å²) >= 11 is 1.62. The first-order valence-corrected chi connectivity index (χ1v) is 11.7. The lowest BCUT2D eigenvalue weighted by Crippen LogP contribution is -2.45. The number of rotatable bonds is 5. The summed E-state index contributed by atoms with van der Waals surface area (Å²) in [7, 11) is 0. The van der Waals surface area contributed by atoms with Crippen LogP contribution in [0.3, 0.4) is 0 Å². The van der Waals surface area contributed by atoms with Crippen LogP contribution in [-0.4, -0.2) is 69.8 Å². The number of amides is 1. The maximum atomic E-state index is 12.7. The first-order chi connectivity index (χ1) is 16.0. The second-order valence-electron chi connectivity index (χ2n) is 7.52. The topological polar surface area (TPSA) is 134 Å². The highest BCUT2D eigenvalue weighted by molar-refractivity contribution is 7.14. The standard InChI is InChI=1S/C20H28N4O2S.2CH2O2/c1-3-23-9-6-20(7-10-23)18-15(5-12-26-20)13-16(27-18)19(25)22-14-17-21-8-11-24(17)4-2;2*2-1-3/h8,11,13H,3-7,9-10,12,14H2,1-2H3,(H,22,25);2*1H,(H,2,3). The molecule has 2 aliphatic rings. The average molecular weight is 481 g/mol. The van der Waals surface area contributed by atoms with E-state index in [4.69, 9.17) is 24.5 Å². The van der Waals surface area contributed by atoms with E-state index < -0.39 is 0 Å². The molecule has 3 N–H and O–H groups in total. The Labute approximate surface area is 197 Å². The summed E-state index contributed by atoms with van der Waals surface area (Å²) in [5.74, 6) is 0.875. The van der Waals surface area contributed by atoms with Crippen molar-refractivity contribution in [2.24, 2.45) is 0 Å². The molecule has 0 atom stereocenters. The molecule has 33 heavy (non-hydrogen) atoms. The first kappa shape index (κ1) is 26.5. The van der Waals surface area contributed by atoms with Crippen molar-refractivity contribution in [3.63, 3.8) is 0 Å². The highest BCUT2D eigenvalue weighted by Gasteiger charge is 2.42. The third-order valence-electron chi connectivity index (χ3n) is 5.86. The number of carbonyl (C=O) groups is 3. The Morgan fingerprint density at radius 3 is 2.52 bits per heavy atom. The number of ether oxygens (including phenoxy) is 1. The molecule has 0 saturated carbocycles. The number of hydrogen-bond acceptors (Lipinski definition) is 7. The van der Waals surface area contributed by atoms with Crippen LogP contribution in [0.15, 0.2) is 18.5 Å². The Hall–Kier alpha value is -2.76. The maximum absolute atomic E-state index is 12.7. The number of imidazole rings is 1. The van der Waals surface area contributed by atoms with Crippen molar-refractivity contribution in [1.29, 1.82) is 0 Å². The van der Waals surface area contributed by atoms with Crippen LogP contribution in [0.4, 0.5) is 0 Å². The van der Waals surface area contributed by atoms with Crippen molar-refractivity contribution in [3.8, 4) is 0 Å². The summed E-state index contributed by atoms with van der Waals surface area (Å²) in [6.45, 7) is 9.07. The van der Waals surface area contributed by atoms with Crippen molar-refractivity contribution < 1.29 is 29.3 Å². The number of piperidine rings is 1. The molecule has 1 fully saturated rings. The molecular weight excluding hydrogens is 448 g/mol. The smallest absolute Gasteiger partial charge is 0.290 e. The third-order valence-corrected chi connectivity index (χ3v) is 7.22. The Balaban J connectivity index is 0.000000582. The van der Waals surface area contributed by atoms with Crippen LogP contribution in [0.2, 0.25) is 0 Å². The summed E-state index contributed by atoms with van der Waals surface area (Å²) in [6.07, 6.45) is 6.65. The van der Waals surface area contributed by atoms with Crippen LogP contribution >= 0.6 is 11.3 Å². The van der Waals surface area contributed by atoms with E-state index in [1.165, 1.54) is 10.4 Å². The number of hydrogen-bond donors (Lipinski definition) is 3. The van der Waals surface area contributed by atoms with Crippen LogP contribution in [-0.2, 0) is 39.4 Å². The van der Waals surface area contributed by atoms with Crippen LogP contribution in [0.5, 0.6) is 0 Å². The van der Waals surface area contributed by atoms with Crippen molar-refractivity contribution in [2.45, 2.75) is 51.8 Å². The van der Waals surface area contributed by atoms with E-state index in [9.17, 15) is 4.79 Å². The Morgan fingerprint density at radius 2 is 1.91 bits per heavy atom. The predicted molar refractivity (Wildman–Crippen MR) is 123 cm³/mol. The number of carbonyl (C=O) groups excluding carboxylic acids is 1. The van der Waals surface area contributed by atoms with Gasteiger partial charge in [-0.1, -0.05) is 6.92 Å². The summed E-state index contributed by atoms with van der Waals surface area (Å²) in [4.78, 5) is 38.3. The van der Waals surface area contributed by atoms with Gasteiger partial charge in [0.05, 0.1) is 18.0 Å². The summed E-state index contributed by atoms with van der Waals surface area (Å²) < 4.78 is 8.35. The Bertz CT molecular complexity index is 899. The lowest BCUT2D eigenvalue weighted by atomic mass is 9.85. The maximum Gasteiger partial charge on any atom is 0.290 e. The van der Waals surface area contributed by atoms with Gasteiger partial charge in [-0.15, -0.1) is 11.3 Å². The molecule has 0 aromatic carbocycles. The molecule has 2 aromatic rings. The molecule has 0 unspecified atom stereocenters. The number of nitrogens with zero attached hydrogens (tertiary/aromatic N) is 3. The molecule has 0 aliphatic carbocycles. The fraction of sp³-hybridized carbons (Fsp3) is 0.545. The first-order valence-electron chi connectivity index (χ1n) is 10.9. The average Bonchev–Trinajstić information content (AvgIpc) is 3.47. The van der Waals surface area contributed by atoms with Crippen LogP contribution in [0.1, 0.15) is 52.6 Å². The van der Waals surface area contributed by atoms with E-state index >= 15 is 0 Å². The van der Waals surface area contributed by atoms with E-state index in [0.29, 0.717) is 6.54 Å². The fourth-order valence-corrected chi connectivity index (χ4v) is 5.50. The van der Waals surface area contributed by atoms with Crippen LogP contribution in [0.25, 0.3) is 0 Å². The fourth-order valence-electron chi connectivity index (χ4n) is 4.18. The van der Waals surface area contributed by atoms with E-state index in [1.807, 2.05) is 10.8 Å². The van der Waals surface area contributed by atoms with Crippen molar-refractivity contribution in [2.75, 3.05) is 26.2 Å². The summed E-state index contributed by atoms with van der Waals surface area (Å²) in [5.41, 5.74) is 1.12. The number of fused-ring (bicyclic) bond motifs is 2. The second kappa shape index (κ2) is 13.1. The molecule has 0 radical (unpaired) electrons. The van der Waals surface area contributed by atoms with Gasteiger partial charge in [-0.25, -0.2) is 4.98 Å². The zero-order chi connectivity index (χ0) is 24.3. The van der Waals surface area contributed by atoms with E-state index in [1.54, 1.807) is 17.5 Å². The Morgan fingerprint density at radius 1 is 1.24 bits per heavy atom. The van der Waals surface area contributed by atoms with E-state index in [-0.39, 0.29) is 24.5 Å². The number of carboxylic acid groups (broad SMARTS) is 2. The number of aromatic nitrogens is 2. The highest BCUT2D eigenvalue weighted by atomic mass is 32.1. The normalized spacial score (nSPS) is 16.4. The van der Waals surface area contributed by atoms with Gasteiger partial charge in [0.15, 0.2) is 0 Å². The number of nitrogens with one attached hydrogen (secondary N) is 1. The molecule has 10 nitrogen and oxygen atoms in total. The lowest BCUT2D eigenvalue weighted by molar-refractivity contribution is -0.123. The zero-order valence-electron chi connectivity index (χ0n) is 19.0. The van der Waals surface area contributed by atoms with Crippen molar-refractivity contribution in [1.82, 2.24) is 19.8 Å². The predicted octanol–water partition coefficient (Wildman–Crippen LogP) is 2.18. The van der Waals surface area contributed by atoms with Gasteiger partial charge in [0.25, 0.3) is 18.9 Å². The molecular formula is C22H32N4O6S.